The number of benzene rings is 1. The van der Waals surface area contributed by atoms with E-state index in [2.05, 4.69) is 31.2 Å². The summed E-state index contributed by atoms with van der Waals surface area (Å²) in [6, 6.07) is 3.28. The number of ether oxygens (including phenoxy) is 1. The van der Waals surface area contributed by atoms with Gasteiger partial charge in [-0.1, -0.05) is 30.4 Å². The molecular weight excluding hydrogens is 438 g/mol. The monoisotopic (exact) mass is 484 g/mol. The van der Waals surface area contributed by atoms with Crippen LogP contribution >= 0.6 is 0 Å². The second kappa shape index (κ2) is 13.1. The predicted octanol–water partition coefficient (Wildman–Crippen LogP) is 9.77. The molecule has 1 nitrogen and oxygen atoms in total. The summed E-state index contributed by atoms with van der Waals surface area (Å²) in [5.74, 6) is 2.88. The van der Waals surface area contributed by atoms with Gasteiger partial charge in [-0.05, 0) is 144 Å². The Bertz CT molecular complexity index is 835. The molecule has 0 aromatic heterocycles. The van der Waals surface area contributed by atoms with Crippen LogP contribution in [0.4, 0.5) is 8.78 Å². The third-order valence-corrected chi connectivity index (χ3v) is 9.50. The molecular formula is C32H46F2O. The Labute approximate surface area is 212 Å². The highest BCUT2D eigenvalue weighted by molar-refractivity contribution is 5.33. The molecule has 0 bridgehead atoms. The van der Waals surface area contributed by atoms with Crippen LogP contribution < -0.4 is 4.74 Å². The Kier molecular flexibility index (Phi) is 9.86. The molecule has 194 valence electrons. The average Bonchev–Trinajstić information content (AvgIpc) is 2.90. The molecule has 3 heteroatoms. The highest BCUT2D eigenvalue weighted by Gasteiger charge is 2.30. The van der Waals surface area contributed by atoms with Crippen molar-refractivity contribution < 1.29 is 13.5 Å². The first-order valence-electron chi connectivity index (χ1n) is 14.4. The molecule has 0 atom stereocenters. The highest BCUT2D eigenvalue weighted by atomic mass is 19.2. The van der Waals surface area contributed by atoms with Crippen LogP contribution in [0, 0.1) is 41.2 Å². The van der Waals surface area contributed by atoms with Crippen molar-refractivity contribution in [1.29, 1.82) is 0 Å². The molecule has 0 N–H and O–H groups in total. The van der Waals surface area contributed by atoms with Gasteiger partial charge in [-0.15, -0.1) is 0 Å². The van der Waals surface area contributed by atoms with Gasteiger partial charge in [0.25, 0.3) is 0 Å². The molecule has 0 saturated heterocycles. The number of allylic oxidation sites excluding steroid dienone is 4. The minimum atomic E-state index is -0.844. The first-order valence-corrected chi connectivity index (χ1v) is 14.4. The molecule has 0 aliphatic heterocycles. The second-order valence-corrected chi connectivity index (χ2v) is 11.6. The van der Waals surface area contributed by atoms with Gasteiger partial charge >= 0.3 is 0 Å². The van der Waals surface area contributed by atoms with Gasteiger partial charge in [0.2, 0.25) is 5.82 Å². The molecule has 35 heavy (non-hydrogen) atoms. The number of hydrogen-bond donors (Lipinski definition) is 0. The Balaban J connectivity index is 1.12. The summed E-state index contributed by atoms with van der Waals surface area (Å²) in [7, 11) is 1.38. The molecule has 0 radical (unpaired) electrons. The topological polar surface area (TPSA) is 9.23 Å². The Morgan fingerprint density at radius 1 is 0.771 bits per heavy atom. The van der Waals surface area contributed by atoms with Crippen LogP contribution in [0.3, 0.4) is 0 Å². The van der Waals surface area contributed by atoms with E-state index in [-0.39, 0.29) is 11.7 Å². The van der Waals surface area contributed by atoms with Crippen molar-refractivity contribution in [1.82, 2.24) is 0 Å². The number of halogens is 2. The standard InChI is InChI=1S/C32H46F2O/c1-3-6-23-9-15-26(16-10-23)27-17-11-24(12-18-27)7-4-5-8-25-13-19-28(20-14-25)29-21-22-30(35-2)32(34)31(29)33/h3-4,6-7,21-28H,5,8-20H2,1-2H3/b6-3+,7-4+. The van der Waals surface area contributed by atoms with Crippen molar-refractivity contribution >= 4 is 0 Å². The van der Waals surface area contributed by atoms with Crippen LogP contribution in [-0.4, -0.2) is 7.11 Å². The smallest absolute Gasteiger partial charge is 0.200 e. The fourth-order valence-electron chi connectivity index (χ4n) is 7.29. The fourth-order valence-corrected chi connectivity index (χ4v) is 7.29. The second-order valence-electron chi connectivity index (χ2n) is 11.6. The average molecular weight is 485 g/mol. The first-order chi connectivity index (χ1) is 17.1. The Hall–Kier alpha value is -1.64. The van der Waals surface area contributed by atoms with Crippen molar-refractivity contribution in [2.75, 3.05) is 7.11 Å². The van der Waals surface area contributed by atoms with Crippen LogP contribution in [0.5, 0.6) is 5.75 Å². The van der Waals surface area contributed by atoms with E-state index in [0.29, 0.717) is 5.56 Å². The van der Waals surface area contributed by atoms with Crippen LogP contribution in [0.15, 0.2) is 36.4 Å². The molecule has 0 amide bonds. The quantitative estimate of drug-likeness (QED) is 0.334. The van der Waals surface area contributed by atoms with Gasteiger partial charge in [-0.25, -0.2) is 4.39 Å². The normalized spacial score (nSPS) is 32.3. The van der Waals surface area contributed by atoms with Crippen LogP contribution in [0.25, 0.3) is 0 Å². The maximum absolute atomic E-state index is 14.5. The van der Waals surface area contributed by atoms with Gasteiger partial charge in [0, 0.05) is 0 Å². The summed E-state index contributed by atoms with van der Waals surface area (Å²) >= 11 is 0. The van der Waals surface area contributed by atoms with Gasteiger partial charge in [0.05, 0.1) is 7.11 Å². The summed E-state index contributed by atoms with van der Waals surface area (Å²) in [6.45, 7) is 2.15. The van der Waals surface area contributed by atoms with E-state index in [1.54, 1.807) is 12.1 Å². The maximum Gasteiger partial charge on any atom is 0.200 e. The maximum atomic E-state index is 14.5. The van der Waals surface area contributed by atoms with Crippen molar-refractivity contribution in [2.24, 2.45) is 29.6 Å². The van der Waals surface area contributed by atoms with E-state index < -0.39 is 11.6 Å². The molecule has 0 spiro atoms. The molecule has 3 aliphatic rings. The summed E-state index contributed by atoms with van der Waals surface area (Å²) in [4.78, 5) is 0. The van der Waals surface area contributed by atoms with E-state index in [1.807, 2.05) is 0 Å². The lowest BCUT2D eigenvalue weighted by molar-refractivity contribution is 0.166. The van der Waals surface area contributed by atoms with Crippen LogP contribution in [-0.2, 0) is 0 Å². The van der Waals surface area contributed by atoms with Crippen LogP contribution in [0.1, 0.15) is 108 Å². The van der Waals surface area contributed by atoms with E-state index in [4.69, 9.17) is 4.74 Å². The van der Waals surface area contributed by atoms with E-state index in [0.717, 1.165) is 61.7 Å². The Morgan fingerprint density at radius 3 is 1.94 bits per heavy atom. The third-order valence-electron chi connectivity index (χ3n) is 9.50. The predicted molar refractivity (Wildman–Crippen MR) is 142 cm³/mol. The SMILES string of the molecule is C/C=C/C1CCC(C2CCC(/C=C/CCC3CCC(c4ccc(OC)c(F)c4F)CC3)CC2)CC1. The molecule has 0 heterocycles. The minimum absolute atomic E-state index is 0.00703. The first kappa shape index (κ1) is 26.4. The summed E-state index contributed by atoms with van der Waals surface area (Å²) in [5.41, 5.74) is 0.531. The third kappa shape index (κ3) is 6.98. The lowest BCUT2D eigenvalue weighted by Gasteiger charge is -2.37. The van der Waals surface area contributed by atoms with Crippen molar-refractivity contribution in [3.8, 4) is 5.75 Å². The summed E-state index contributed by atoms with van der Waals surface area (Å²) in [6.07, 6.45) is 27.5. The van der Waals surface area contributed by atoms with Gasteiger partial charge in [-0.3, -0.25) is 0 Å². The molecule has 0 unspecified atom stereocenters. The van der Waals surface area contributed by atoms with E-state index in [1.165, 1.54) is 64.9 Å². The largest absolute Gasteiger partial charge is 0.494 e. The lowest BCUT2D eigenvalue weighted by atomic mass is 9.69. The van der Waals surface area contributed by atoms with Gasteiger partial charge < -0.3 is 4.74 Å². The minimum Gasteiger partial charge on any atom is -0.494 e. The molecule has 1 aromatic carbocycles. The van der Waals surface area contributed by atoms with Crippen LogP contribution in [0.2, 0.25) is 0 Å². The van der Waals surface area contributed by atoms with Gasteiger partial charge in [-0.2, -0.15) is 4.39 Å². The summed E-state index contributed by atoms with van der Waals surface area (Å²) in [5, 5.41) is 0. The lowest BCUT2D eigenvalue weighted by Crippen LogP contribution is -2.25. The van der Waals surface area contributed by atoms with Gasteiger partial charge in [0.15, 0.2) is 11.6 Å². The van der Waals surface area contributed by atoms with Gasteiger partial charge in [0.1, 0.15) is 0 Å². The zero-order valence-electron chi connectivity index (χ0n) is 22.0. The number of rotatable bonds is 8. The highest BCUT2D eigenvalue weighted by Crippen LogP contribution is 2.42. The number of hydrogen-bond acceptors (Lipinski definition) is 1. The number of methoxy groups -OCH3 is 1. The van der Waals surface area contributed by atoms with Crippen molar-refractivity contribution in [3.05, 3.63) is 53.6 Å². The summed E-state index contributed by atoms with van der Waals surface area (Å²) < 4.78 is 33.5. The molecule has 1 aromatic rings. The molecule has 4 rings (SSSR count). The van der Waals surface area contributed by atoms with E-state index in [9.17, 15) is 8.78 Å². The van der Waals surface area contributed by atoms with E-state index >= 15 is 0 Å². The van der Waals surface area contributed by atoms with Crippen molar-refractivity contribution in [2.45, 2.75) is 103 Å². The van der Waals surface area contributed by atoms with Crippen molar-refractivity contribution in [3.63, 3.8) is 0 Å². The molecule has 3 aliphatic carbocycles. The molecule has 3 fully saturated rings. The molecule has 3 saturated carbocycles. The Morgan fingerprint density at radius 2 is 1.37 bits per heavy atom. The fraction of sp³-hybridized carbons (Fsp3) is 0.688. The zero-order chi connectivity index (χ0) is 24.6. The zero-order valence-corrected chi connectivity index (χ0v) is 22.0.